The zero-order valence-corrected chi connectivity index (χ0v) is 9.42. The number of hydrogen-bond acceptors (Lipinski definition) is 5. The zero-order valence-electron chi connectivity index (χ0n) is 9.42. The van der Waals surface area contributed by atoms with Crippen LogP contribution in [0.3, 0.4) is 0 Å². The third-order valence-corrected chi connectivity index (χ3v) is 3.53. The molecule has 0 amide bonds. The number of alkyl halides is 2. The number of aliphatic hydroxyl groups is 2. The second kappa shape index (κ2) is 3.50. The first-order valence-electron chi connectivity index (χ1n) is 5.52. The molecule has 2 fully saturated rings. The molecule has 7 nitrogen and oxygen atoms in total. The van der Waals surface area contributed by atoms with Crippen molar-refractivity contribution in [2.24, 2.45) is 0 Å². The van der Waals surface area contributed by atoms with E-state index in [1.54, 1.807) is 0 Å². The SMILES string of the molecule is O=c1ccn([C@@H]2O[C@@]3(CC3(F)F)[C@@H](O)[C@H]2O)c(=O)[nH]1. The van der Waals surface area contributed by atoms with Crippen LogP contribution in [0, 0.1) is 0 Å². The number of halogens is 2. The molecular weight excluding hydrogens is 266 g/mol. The molecule has 0 bridgehead atoms. The minimum absolute atomic E-state index is 0.666. The molecule has 1 aromatic rings. The molecule has 1 spiro atoms. The topological polar surface area (TPSA) is 105 Å². The van der Waals surface area contributed by atoms with Crippen LogP contribution in [-0.2, 0) is 4.74 Å². The van der Waals surface area contributed by atoms with E-state index in [1.807, 2.05) is 4.98 Å². The number of aliphatic hydroxyl groups excluding tert-OH is 2. The van der Waals surface area contributed by atoms with Crippen molar-refractivity contribution >= 4 is 0 Å². The first kappa shape index (κ1) is 12.5. The van der Waals surface area contributed by atoms with Crippen molar-refractivity contribution in [3.8, 4) is 0 Å². The minimum atomic E-state index is -3.24. The highest BCUT2D eigenvalue weighted by Gasteiger charge is 2.81. The van der Waals surface area contributed by atoms with Gasteiger partial charge in [-0.1, -0.05) is 0 Å². The Morgan fingerprint density at radius 2 is 2.05 bits per heavy atom. The summed E-state index contributed by atoms with van der Waals surface area (Å²) in [4.78, 5) is 24.3. The second-order valence-electron chi connectivity index (χ2n) is 4.73. The molecule has 0 aromatic carbocycles. The highest BCUT2D eigenvalue weighted by molar-refractivity contribution is 5.22. The lowest BCUT2D eigenvalue weighted by Crippen LogP contribution is -2.38. The number of nitrogens with one attached hydrogen (secondary N) is 1. The van der Waals surface area contributed by atoms with E-state index in [1.165, 1.54) is 0 Å². The third-order valence-electron chi connectivity index (χ3n) is 3.53. The Hall–Kier alpha value is -1.58. The van der Waals surface area contributed by atoms with Gasteiger partial charge in [0, 0.05) is 12.3 Å². The lowest BCUT2D eigenvalue weighted by molar-refractivity contribution is -0.101. The van der Waals surface area contributed by atoms with Crippen molar-refractivity contribution in [1.29, 1.82) is 0 Å². The van der Waals surface area contributed by atoms with E-state index in [0.29, 0.717) is 0 Å². The lowest BCUT2D eigenvalue weighted by atomic mass is 10.1. The van der Waals surface area contributed by atoms with E-state index < -0.39 is 47.6 Å². The van der Waals surface area contributed by atoms with Crippen LogP contribution in [0.15, 0.2) is 21.9 Å². The largest absolute Gasteiger partial charge is 0.387 e. The summed E-state index contributed by atoms with van der Waals surface area (Å²) in [6.45, 7) is 0. The van der Waals surface area contributed by atoms with Crippen LogP contribution in [-0.4, -0.2) is 43.5 Å². The van der Waals surface area contributed by atoms with Crippen LogP contribution in [0.25, 0.3) is 0 Å². The molecule has 3 N–H and O–H groups in total. The van der Waals surface area contributed by atoms with Crippen LogP contribution in [0.2, 0.25) is 0 Å². The summed E-state index contributed by atoms with van der Waals surface area (Å²) in [6, 6.07) is 0.986. The molecule has 19 heavy (non-hydrogen) atoms. The van der Waals surface area contributed by atoms with Crippen molar-refractivity contribution in [1.82, 2.24) is 9.55 Å². The quantitative estimate of drug-likeness (QED) is 0.583. The number of hydrogen-bond donors (Lipinski definition) is 3. The summed E-state index contributed by atoms with van der Waals surface area (Å²) in [5.74, 6) is -3.24. The first-order chi connectivity index (χ1) is 8.78. The molecule has 1 saturated carbocycles. The Morgan fingerprint density at radius 3 is 2.53 bits per heavy atom. The number of aromatic amines is 1. The van der Waals surface area contributed by atoms with Gasteiger partial charge in [0.25, 0.3) is 11.5 Å². The van der Waals surface area contributed by atoms with Crippen LogP contribution in [0.5, 0.6) is 0 Å². The summed E-state index contributed by atoms with van der Waals surface area (Å²) in [5.41, 5.74) is -3.72. The molecule has 3 rings (SSSR count). The Balaban J connectivity index is 2.00. The predicted molar refractivity (Wildman–Crippen MR) is 55.8 cm³/mol. The number of ether oxygens (including phenoxy) is 1. The average Bonchev–Trinajstić information content (AvgIpc) is 2.79. The van der Waals surface area contributed by atoms with Gasteiger partial charge in [0.1, 0.15) is 12.2 Å². The summed E-state index contributed by atoms with van der Waals surface area (Å²) in [6.07, 6.45) is -4.65. The summed E-state index contributed by atoms with van der Waals surface area (Å²) >= 11 is 0. The van der Waals surface area contributed by atoms with E-state index in [4.69, 9.17) is 4.74 Å². The number of nitrogens with zero attached hydrogens (tertiary/aromatic N) is 1. The second-order valence-corrected chi connectivity index (χ2v) is 4.73. The van der Waals surface area contributed by atoms with Crippen LogP contribution in [0.4, 0.5) is 8.78 Å². The maximum absolute atomic E-state index is 13.2. The molecule has 104 valence electrons. The molecule has 1 aliphatic heterocycles. The van der Waals surface area contributed by atoms with Gasteiger partial charge >= 0.3 is 5.69 Å². The maximum atomic E-state index is 13.2. The molecule has 0 unspecified atom stereocenters. The van der Waals surface area contributed by atoms with E-state index >= 15 is 0 Å². The fourth-order valence-corrected chi connectivity index (χ4v) is 2.37. The van der Waals surface area contributed by atoms with E-state index in [-0.39, 0.29) is 0 Å². The standard InChI is InChI=1S/C10H10F2N2O5/c11-10(12)3-9(10)6(17)5(16)7(19-9)14-2-1-4(15)13-8(14)18/h1-2,5-7,16-17H,3H2,(H,13,15,18)/t5-,6+,7-,9+/m1/s1. The zero-order chi connectivity index (χ0) is 14.0. The fourth-order valence-electron chi connectivity index (χ4n) is 2.37. The summed E-state index contributed by atoms with van der Waals surface area (Å²) in [7, 11) is 0. The molecule has 1 aromatic heterocycles. The van der Waals surface area contributed by atoms with Crippen molar-refractivity contribution in [3.63, 3.8) is 0 Å². The lowest BCUT2D eigenvalue weighted by Gasteiger charge is -2.16. The minimum Gasteiger partial charge on any atom is -0.387 e. The van der Waals surface area contributed by atoms with Crippen molar-refractivity contribution in [2.75, 3.05) is 0 Å². The van der Waals surface area contributed by atoms with E-state index in [9.17, 15) is 28.6 Å². The van der Waals surface area contributed by atoms with Crippen LogP contribution in [0.1, 0.15) is 12.6 Å². The molecule has 1 aliphatic carbocycles. The molecule has 2 heterocycles. The fraction of sp³-hybridized carbons (Fsp3) is 0.600. The predicted octanol–water partition coefficient (Wildman–Crippen LogP) is -1.44. The van der Waals surface area contributed by atoms with Gasteiger partial charge in [-0.2, -0.15) is 0 Å². The van der Waals surface area contributed by atoms with Gasteiger partial charge in [0.2, 0.25) is 0 Å². The third kappa shape index (κ3) is 1.52. The normalized spacial score (nSPS) is 39.7. The highest BCUT2D eigenvalue weighted by atomic mass is 19.3. The van der Waals surface area contributed by atoms with E-state index in [0.717, 1.165) is 16.8 Å². The molecule has 2 aliphatic rings. The Kier molecular flexibility index (Phi) is 2.29. The number of aromatic nitrogens is 2. The Morgan fingerprint density at radius 1 is 1.42 bits per heavy atom. The molecule has 4 atom stereocenters. The molecular formula is C10H10F2N2O5. The summed E-state index contributed by atoms with van der Waals surface area (Å²) in [5, 5.41) is 19.4. The van der Waals surface area contributed by atoms with Crippen molar-refractivity contribution < 1.29 is 23.7 Å². The summed E-state index contributed by atoms with van der Waals surface area (Å²) < 4.78 is 32.2. The van der Waals surface area contributed by atoms with Gasteiger partial charge in [0.05, 0.1) is 6.42 Å². The Labute approximate surface area is 104 Å². The molecule has 1 saturated heterocycles. The van der Waals surface area contributed by atoms with Gasteiger partial charge < -0.3 is 14.9 Å². The monoisotopic (exact) mass is 276 g/mol. The van der Waals surface area contributed by atoms with Gasteiger partial charge in [-0.15, -0.1) is 0 Å². The highest BCUT2D eigenvalue weighted by Crippen LogP contribution is 2.63. The molecule has 0 radical (unpaired) electrons. The van der Waals surface area contributed by atoms with Crippen LogP contribution < -0.4 is 11.2 Å². The smallest absolute Gasteiger partial charge is 0.330 e. The number of H-pyrrole nitrogens is 1. The maximum Gasteiger partial charge on any atom is 0.330 e. The first-order valence-corrected chi connectivity index (χ1v) is 5.52. The van der Waals surface area contributed by atoms with Gasteiger partial charge in [0.15, 0.2) is 11.8 Å². The Bertz CT molecular complexity index is 641. The van der Waals surface area contributed by atoms with Gasteiger partial charge in [-0.3, -0.25) is 14.3 Å². The van der Waals surface area contributed by atoms with Gasteiger partial charge in [-0.25, -0.2) is 13.6 Å². The average molecular weight is 276 g/mol. The number of rotatable bonds is 1. The van der Waals surface area contributed by atoms with Crippen molar-refractivity contribution in [3.05, 3.63) is 33.1 Å². The van der Waals surface area contributed by atoms with Crippen LogP contribution >= 0.6 is 0 Å². The van der Waals surface area contributed by atoms with Crippen molar-refractivity contribution in [2.45, 2.75) is 36.4 Å². The molecule has 9 heteroatoms. The van der Waals surface area contributed by atoms with Gasteiger partial charge in [-0.05, 0) is 0 Å². The van der Waals surface area contributed by atoms with E-state index in [2.05, 4.69) is 0 Å².